The highest BCUT2D eigenvalue weighted by atomic mass is 35.5. The Kier molecular flexibility index (Phi) is 6.06. The molecule has 1 atom stereocenters. The number of hydrogen-bond donors (Lipinski definition) is 1. The highest BCUT2D eigenvalue weighted by Gasteiger charge is 2.08. The van der Waals surface area contributed by atoms with E-state index in [0.29, 0.717) is 12.3 Å². The van der Waals surface area contributed by atoms with Crippen LogP contribution in [0.1, 0.15) is 43.4 Å². The molecule has 0 bridgehead atoms. The second-order valence-electron chi connectivity index (χ2n) is 4.35. The predicted molar refractivity (Wildman–Crippen MR) is 72.3 cm³/mol. The molecule has 3 heteroatoms. The summed E-state index contributed by atoms with van der Waals surface area (Å²) in [7, 11) is 0. The summed E-state index contributed by atoms with van der Waals surface area (Å²) in [6.07, 6.45) is 2.31. The van der Waals surface area contributed by atoms with Crippen LogP contribution in [0.15, 0.2) is 24.3 Å². The molecule has 0 aliphatic heterocycles. The number of benzene rings is 1. The van der Waals surface area contributed by atoms with Crippen molar-refractivity contribution in [1.29, 1.82) is 0 Å². The van der Waals surface area contributed by atoms with Gasteiger partial charge in [0.15, 0.2) is 0 Å². The van der Waals surface area contributed by atoms with Crippen molar-refractivity contribution in [3.8, 4) is 0 Å². The molecule has 1 amide bonds. The van der Waals surface area contributed by atoms with Crippen LogP contribution in [0.4, 0.5) is 0 Å². The monoisotopic (exact) mass is 253 g/mol. The molecule has 1 aromatic carbocycles. The number of halogens is 1. The molecule has 0 aromatic heterocycles. The molecule has 2 nitrogen and oxygen atoms in total. The van der Waals surface area contributed by atoms with Gasteiger partial charge in [0.25, 0.3) is 0 Å². The van der Waals surface area contributed by atoms with Gasteiger partial charge in [-0.05, 0) is 32.3 Å². The summed E-state index contributed by atoms with van der Waals surface area (Å²) in [6, 6.07) is 8.30. The molecule has 0 heterocycles. The van der Waals surface area contributed by atoms with Crippen LogP contribution in [0.3, 0.4) is 0 Å². The molecule has 1 aromatic rings. The van der Waals surface area contributed by atoms with E-state index in [1.165, 1.54) is 5.56 Å². The number of alkyl halides is 1. The average Bonchev–Trinajstić information content (AvgIpc) is 2.30. The zero-order valence-electron chi connectivity index (χ0n) is 10.5. The van der Waals surface area contributed by atoms with Gasteiger partial charge < -0.3 is 5.32 Å². The first kappa shape index (κ1) is 14.0. The first-order valence-corrected chi connectivity index (χ1v) is 6.59. The van der Waals surface area contributed by atoms with E-state index in [-0.39, 0.29) is 11.9 Å². The predicted octanol–water partition coefficient (Wildman–Crippen LogP) is 3.58. The van der Waals surface area contributed by atoms with Crippen molar-refractivity contribution in [2.75, 3.05) is 5.88 Å². The first-order chi connectivity index (χ1) is 8.13. The van der Waals surface area contributed by atoms with E-state index in [9.17, 15) is 4.79 Å². The SMILES string of the molecule is Cc1ccc([C@H](C)NC(=O)CCCCCl)cc1. The molecule has 0 aliphatic carbocycles. The highest BCUT2D eigenvalue weighted by Crippen LogP contribution is 2.13. The van der Waals surface area contributed by atoms with Crippen LogP contribution in [0.25, 0.3) is 0 Å². The van der Waals surface area contributed by atoms with E-state index in [1.54, 1.807) is 0 Å². The third-order valence-electron chi connectivity index (χ3n) is 2.74. The van der Waals surface area contributed by atoms with Crippen LogP contribution in [-0.2, 0) is 4.79 Å². The Bertz CT molecular complexity index is 348. The quantitative estimate of drug-likeness (QED) is 0.609. The minimum absolute atomic E-state index is 0.0686. The molecule has 0 spiro atoms. The van der Waals surface area contributed by atoms with Gasteiger partial charge in [-0.15, -0.1) is 11.6 Å². The molecule has 0 fully saturated rings. The molecular weight excluding hydrogens is 234 g/mol. The number of unbranched alkanes of at least 4 members (excludes halogenated alkanes) is 1. The minimum atomic E-state index is 0.0686. The second kappa shape index (κ2) is 7.33. The zero-order chi connectivity index (χ0) is 12.7. The number of carbonyl (C=O) groups is 1. The lowest BCUT2D eigenvalue weighted by atomic mass is 10.1. The van der Waals surface area contributed by atoms with Gasteiger partial charge in [0.05, 0.1) is 6.04 Å². The average molecular weight is 254 g/mol. The van der Waals surface area contributed by atoms with Crippen LogP contribution >= 0.6 is 11.6 Å². The summed E-state index contributed by atoms with van der Waals surface area (Å²) in [5, 5.41) is 2.99. The first-order valence-electron chi connectivity index (χ1n) is 6.05. The molecule has 17 heavy (non-hydrogen) atoms. The van der Waals surface area contributed by atoms with Gasteiger partial charge in [0, 0.05) is 12.3 Å². The number of hydrogen-bond acceptors (Lipinski definition) is 1. The Morgan fingerprint density at radius 2 is 1.94 bits per heavy atom. The van der Waals surface area contributed by atoms with Crippen LogP contribution in [0.2, 0.25) is 0 Å². The summed E-state index contributed by atoms with van der Waals surface area (Å²) in [5.74, 6) is 0.726. The van der Waals surface area contributed by atoms with Crippen molar-refractivity contribution in [3.63, 3.8) is 0 Å². The van der Waals surface area contributed by atoms with Gasteiger partial charge in [-0.25, -0.2) is 0 Å². The molecule has 0 unspecified atom stereocenters. The molecule has 1 N–H and O–H groups in total. The Labute approximate surface area is 108 Å². The summed E-state index contributed by atoms with van der Waals surface area (Å²) < 4.78 is 0. The number of aryl methyl sites for hydroxylation is 1. The van der Waals surface area contributed by atoms with Gasteiger partial charge in [0.2, 0.25) is 5.91 Å². The third kappa shape index (κ3) is 5.22. The van der Waals surface area contributed by atoms with Crippen molar-refractivity contribution in [1.82, 2.24) is 5.32 Å². The number of amides is 1. The van der Waals surface area contributed by atoms with Crippen molar-refractivity contribution in [2.24, 2.45) is 0 Å². The normalized spacial score (nSPS) is 12.2. The summed E-state index contributed by atoms with van der Waals surface area (Å²) in [6.45, 7) is 4.06. The Balaban J connectivity index is 2.40. The summed E-state index contributed by atoms with van der Waals surface area (Å²) in [5.41, 5.74) is 2.37. The third-order valence-corrected chi connectivity index (χ3v) is 3.01. The standard InChI is InChI=1S/C14H20ClNO/c1-11-6-8-13(9-7-11)12(2)16-14(17)5-3-4-10-15/h6-9,12H,3-5,10H2,1-2H3,(H,16,17)/t12-/m0/s1. The largest absolute Gasteiger partial charge is 0.350 e. The maximum Gasteiger partial charge on any atom is 0.220 e. The van der Waals surface area contributed by atoms with Crippen LogP contribution < -0.4 is 5.32 Å². The maximum atomic E-state index is 11.6. The second-order valence-corrected chi connectivity index (χ2v) is 4.72. The number of nitrogens with one attached hydrogen (secondary N) is 1. The molecule has 1 rings (SSSR count). The lowest BCUT2D eigenvalue weighted by Gasteiger charge is -2.14. The highest BCUT2D eigenvalue weighted by molar-refractivity contribution is 6.17. The van der Waals surface area contributed by atoms with Gasteiger partial charge >= 0.3 is 0 Å². The summed E-state index contributed by atoms with van der Waals surface area (Å²) >= 11 is 5.57. The van der Waals surface area contributed by atoms with E-state index in [1.807, 2.05) is 6.92 Å². The van der Waals surface area contributed by atoms with E-state index in [4.69, 9.17) is 11.6 Å². The zero-order valence-corrected chi connectivity index (χ0v) is 11.3. The van der Waals surface area contributed by atoms with E-state index < -0.39 is 0 Å². The van der Waals surface area contributed by atoms with Crippen molar-refractivity contribution >= 4 is 17.5 Å². The number of carbonyl (C=O) groups excluding carboxylic acids is 1. The van der Waals surface area contributed by atoms with Crippen LogP contribution in [0, 0.1) is 6.92 Å². The fraction of sp³-hybridized carbons (Fsp3) is 0.500. The minimum Gasteiger partial charge on any atom is -0.350 e. The molecule has 0 saturated heterocycles. The maximum absolute atomic E-state index is 11.6. The number of rotatable bonds is 6. The molecule has 94 valence electrons. The fourth-order valence-electron chi connectivity index (χ4n) is 1.63. The Hall–Kier alpha value is -1.02. The van der Waals surface area contributed by atoms with Gasteiger partial charge in [0.1, 0.15) is 0 Å². The fourth-order valence-corrected chi connectivity index (χ4v) is 1.82. The van der Waals surface area contributed by atoms with Crippen LogP contribution in [-0.4, -0.2) is 11.8 Å². The lowest BCUT2D eigenvalue weighted by Crippen LogP contribution is -2.26. The van der Waals surface area contributed by atoms with Crippen molar-refractivity contribution in [3.05, 3.63) is 35.4 Å². The Morgan fingerprint density at radius 1 is 1.29 bits per heavy atom. The van der Waals surface area contributed by atoms with E-state index in [0.717, 1.165) is 18.4 Å². The molecule has 0 radical (unpaired) electrons. The van der Waals surface area contributed by atoms with E-state index >= 15 is 0 Å². The Morgan fingerprint density at radius 3 is 2.53 bits per heavy atom. The smallest absolute Gasteiger partial charge is 0.220 e. The van der Waals surface area contributed by atoms with Gasteiger partial charge in [-0.1, -0.05) is 29.8 Å². The van der Waals surface area contributed by atoms with Crippen molar-refractivity contribution in [2.45, 2.75) is 39.2 Å². The molecular formula is C14H20ClNO. The lowest BCUT2D eigenvalue weighted by molar-refractivity contribution is -0.121. The topological polar surface area (TPSA) is 29.1 Å². The summed E-state index contributed by atoms with van der Waals surface area (Å²) in [4.78, 5) is 11.6. The van der Waals surface area contributed by atoms with Gasteiger partial charge in [-0.2, -0.15) is 0 Å². The van der Waals surface area contributed by atoms with Gasteiger partial charge in [-0.3, -0.25) is 4.79 Å². The van der Waals surface area contributed by atoms with Crippen molar-refractivity contribution < 1.29 is 4.79 Å². The van der Waals surface area contributed by atoms with Crippen LogP contribution in [0.5, 0.6) is 0 Å². The molecule has 0 saturated carbocycles. The molecule has 0 aliphatic rings. The van der Waals surface area contributed by atoms with E-state index in [2.05, 4.69) is 36.5 Å².